The van der Waals surface area contributed by atoms with Crippen LogP contribution in [0.4, 0.5) is 0 Å². The lowest BCUT2D eigenvalue weighted by molar-refractivity contribution is 0.0792. The van der Waals surface area contributed by atoms with Crippen LogP contribution in [0.5, 0.6) is 11.5 Å². The predicted molar refractivity (Wildman–Crippen MR) is 145 cm³/mol. The Hall–Kier alpha value is -1.96. The van der Waals surface area contributed by atoms with Crippen LogP contribution in [-0.2, 0) is 5.41 Å². The van der Waals surface area contributed by atoms with Gasteiger partial charge in [-0.3, -0.25) is 0 Å². The summed E-state index contributed by atoms with van der Waals surface area (Å²) in [5.41, 5.74) is 5.23. The molecule has 0 saturated heterocycles. The van der Waals surface area contributed by atoms with Gasteiger partial charge in [-0.05, 0) is 101 Å². The number of ether oxygens (including phenoxy) is 2. The molecule has 1 fully saturated rings. The lowest BCUT2D eigenvalue weighted by atomic mass is 9.65. The standard InChI is InChI=1S/C32H48O2/c1-9-30(7,10-2)33-28-18-16-26(22-24(28)5)32(20-14-13-15-21-32)27-17-19-29(25(6)23-27)34-31(8,11-3)12-4/h16-19,22-23H,9-15,20-21H2,1-8H3. The van der Waals surface area contributed by atoms with Crippen LogP contribution in [0.1, 0.15) is 122 Å². The summed E-state index contributed by atoms with van der Waals surface area (Å²) in [6.45, 7) is 17.7. The molecule has 0 bridgehead atoms. The average molecular weight is 465 g/mol. The van der Waals surface area contributed by atoms with Gasteiger partial charge in [0.2, 0.25) is 0 Å². The quantitative estimate of drug-likeness (QED) is 0.348. The lowest BCUT2D eigenvalue weighted by Crippen LogP contribution is -2.32. The highest BCUT2D eigenvalue weighted by Gasteiger charge is 2.37. The fourth-order valence-corrected chi connectivity index (χ4v) is 5.34. The molecule has 2 heteroatoms. The second-order valence-electron chi connectivity index (χ2n) is 11.1. The average Bonchev–Trinajstić information content (AvgIpc) is 2.86. The van der Waals surface area contributed by atoms with E-state index in [9.17, 15) is 0 Å². The maximum Gasteiger partial charge on any atom is 0.123 e. The minimum absolute atomic E-state index is 0.0719. The van der Waals surface area contributed by atoms with E-state index in [1.54, 1.807) is 0 Å². The van der Waals surface area contributed by atoms with Gasteiger partial charge in [-0.15, -0.1) is 0 Å². The topological polar surface area (TPSA) is 18.5 Å². The molecule has 3 rings (SSSR count). The van der Waals surface area contributed by atoms with Crippen LogP contribution in [0.25, 0.3) is 0 Å². The molecule has 188 valence electrons. The van der Waals surface area contributed by atoms with Gasteiger partial charge in [-0.2, -0.15) is 0 Å². The molecule has 2 aromatic rings. The smallest absolute Gasteiger partial charge is 0.123 e. The van der Waals surface area contributed by atoms with Crippen LogP contribution < -0.4 is 9.47 Å². The number of aryl methyl sites for hydroxylation is 2. The van der Waals surface area contributed by atoms with Crippen molar-refractivity contribution in [3.63, 3.8) is 0 Å². The van der Waals surface area contributed by atoms with Crippen molar-refractivity contribution in [1.82, 2.24) is 0 Å². The van der Waals surface area contributed by atoms with Gasteiger partial charge in [-0.25, -0.2) is 0 Å². The van der Waals surface area contributed by atoms with E-state index in [1.165, 1.54) is 54.4 Å². The lowest BCUT2D eigenvalue weighted by Gasteiger charge is -2.40. The zero-order valence-electron chi connectivity index (χ0n) is 23.1. The Labute approximate surface area is 209 Å². The highest BCUT2D eigenvalue weighted by Crippen LogP contribution is 2.47. The van der Waals surface area contributed by atoms with Crippen molar-refractivity contribution in [3.05, 3.63) is 58.7 Å². The molecule has 0 atom stereocenters. The second kappa shape index (κ2) is 10.8. The summed E-state index contributed by atoms with van der Waals surface area (Å²) in [5.74, 6) is 2.05. The van der Waals surface area contributed by atoms with Gasteiger partial charge < -0.3 is 9.47 Å². The first-order valence-electron chi connectivity index (χ1n) is 13.7. The van der Waals surface area contributed by atoms with E-state index in [4.69, 9.17) is 9.47 Å². The number of hydrogen-bond acceptors (Lipinski definition) is 2. The van der Waals surface area contributed by atoms with Crippen molar-refractivity contribution in [3.8, 4) is 11.5 Å². The summed E-state index contributed by atoms with van der Waals surface area (Å²) in [6.07, 6.45) is 10.3. The Kier molecular flexibility index (Phi) is 8.43. The van der Waals surface area contributed by atoms with Gasteiger partial charge >= 0.3 is 0 Å². The van der Waals surface area contributed by atoms with E-state index >= 15 is 0 Å². The van der Waals surface area contributed by atoms with Gasteiger partial charge in [0.1, 0.15) is 22.7 Å². The van der Waals surface area contributed by atoms with Crippen molar-refractivity contribution in [1.29, 1.82) is 0 Å². The van der Waals surface area contributed by atoms with Crippen LogP contribution in [0.15, 0.2) is 36.4 Å². The van der Waals surface area contributed by atoms with Crippen molar-refractivity contribution >= 4 is 0 Å². The summed E-state index contributed by atoms with van der Waals surface area (Å²) < 4.78 is 13.0. The molecule has 0 aliphatic heterocycles. The molecular weight excluding hydrogens is 416 g/mol. The van der Waals surface area contributed by atoms with Gasteiger partial charge in [0, 0.05) is 5.41 Å². The van der Waals surface area contributed by atoms with Crippen LogP contribution in [0, 0.1) is 13.8 Å². The number of benzene rings is 2. The summed E-state index contributed by atoms with van der Waals surface area (Å²) in [4.78, 5) is 0. The van der Waals surface area contributed by atoms with Gasteiger partial charge in [0.15, 0.2) is 0 Å². The van der Waals surface area contributed by atoms with E-state index < -0.39 is 0 Å². The van der Waals surface area contributed by atoms with E-state index in [2.05, 4.69) is 91.8 Å². The maximum atomic E-state index is 6.50. The van der Waals surface area contributed by atoms with E-state index in [0.29, 0.717) is 0 Å². The van der Waals surface area contributed by atoms with Gasteiger partial charge in [0.25, 0.3) is 0 Å². The molecule has 1 aliphatic carbocycles. The van der Waals surface area contributed by atoms with Crippen molar-refractivity contribution in [2.45, 2.75) is 130 Å². The number of rotatable bonds is 10. The molecule has 34 heavy (non-hydrogen) atoms. The van der Waals surface area contributed by atoms with Crippen LogP contribution >= 0.6 is 0 Å². The summed E-state index contributed by atoms with van der Waals surface area (Å²) in [6, 6.07) is 13.9. The van der Waals surface area contributed by atoms with E-state index in [1.807, 2.05) is 0 Å². The molecule has 1 saturated carbocycles. The Morgan fingerprint density at radius 1 is 0.647 bits per heavy atom. The van der Waals surface area contributed by atoms with Crippen LogP contribution in [0.3, 0.4) is 0 Å². The predicted octanol–water partition coefficient (Wildman–Crippen LogP) is 9.47. The summed E-state index contributed by atoms with van der Waals surface area (Å²) in [5, 5.41) is 0. The molecule has 1 aliphatic rings. The van der Waals surface area contributed by atoms with Crippen LogP contribution in [0.2, 0.25) is 0 Å². The molecule has 0 spiro atoms. The van der Waals surface area contributed by atoms with Crippen molar-refractivity contribution in [2.24, 2.45) is 0 Å². The zero-order chi connectivity index (χ0) is 25.0. The molecule has 0 radical (unpaired) electrons. The SMILES string of the molecule is CCC(C)(CC)Oc1ccc(C2(c3ccc(OC(C)(CC)CC)c(C)c3)CCCCC2)cc1C. The zero-order valence-corrected chi connectivity index (χ0v) is 23.1. The van der Waals surface area contributed by atoms with Gasteiger partial charge in [-0.1, -0.05) is 71.2 Å². The molecule has 0 N–H and O–H groups in total. The molecule has 0 heterocycles. The molecule has 0 amide bonds. The fourth-order valence-electron chi connectivity index (χ4n) is 5.34. The Morgan fingerprint density at radius 3 is 1.35 bits per heavy atom. The Morgan fingerprint density at radius 2 is 1.03 bits per heavy atom. The molecule has 0 unspecified atom stereocenters. The largest absolute Gasteiger partial charge is 0.487 e. The molecule has 2 nitrogen and oxygen atoms in total. The Balaban J connectivity index is 1.98. The first kappa shape index (κ1) is 26.6. The van der Waals surface area contributed by atoms with Crippen molar-refractivity contribution in [2.75, 3.05) is 0 Å². The third-order valence-corrected chi connectivity index (χ3v) is 8.87. The fraction of sp³-hybridized carbons (Fsp3) is 0.625. The Bertz CT molecular complexity index is 872. The summed E-state index contributed by atoms with van der Waals surface area (Å²) in [7, 11) is 0. The van der Waals surface area contributed by atoms with Crippen LogP contribution in [-0.4, -0.2) is 11.2 Å². The normalized spacial score (nSPS) is 16.4. The highest BCUT2D eigenvalue weighted by molar-refractivity contribution is 5.48. The van der Waals surface area contributed by atoms with E-state index in [0.717, 1.165) is 37.2 Å². The second-order valence-corrected chi connectivity index (χ2v) is 11.1. The third-order valence-electron chi connectivity index (χ3n) is 8.87. The minimum atomic E-state index is -0.104. The van der Waals surface area contributed by atoms with Crippen molar-refractivity contribution < 1.29 is 9.47 Å². The first-order chi connectivity index (χ1) is 16.1. The molecular formula is C32H48O2. The molecule has 0 aromatic heterocycles. The maximum absolute atomic E-state index is 6.50. The molecule has 2 aromatic carbocycles. The first-order valence-corrected chi connectivity index (χ1v) is 13.7. The summed E-state index contributed by atoms with van der Waals surface area (Å²) >= 11 is 0. The monoisotopic (exact) mass is 464 g/mol. The highest BCUT2D eigenvalue weighted by atomic mass is 16.5. The van der Waals surface area contributed by atoms with E-state index in [-0.39, 0.29) is 16.6 Å². The number of hydrogen-bond donors (Lipinski definition) is 0. The minimum Gasteiger partial charge on any atom is -0.487 e. The van der Waals surface area contributed by atoms with Gasteiger partial charge in [0.05, 0.1) is 0 Å². The third kappa shape index (κ3) is 5.47.